The minimum atomic E-state index is -1.71. The predicted octanol–water partition coefficient (Wildman–Crippen LogP) is -0.343. The van der Waals surface area contributed by atoms with Crippen LogP contribution >= 0.6 is 0 Å². The zero-order valence-electron chi connectivity index (χ0n) is 43.4. The zero-order chi connectivity index (χ0) is 55.1. The van der Waals surface area contributed by atoms with E-state index < -0.39 is 127 Å². The van der Waals surface area contributed by atoms with E-state index in [9.17, 15) is 63.6 Å². The van der Waals surface area contributed by atoms with Gasteiger partial charge in [0.1, 0.15) is 48.0 Å². The molecule has 2 rings (SSSR count). The Bertz CT molecular complexity index is 2140. The van der Waals surface area contributed by atoms with Crippen molar-refractivity contribution < 1.29 is 63.6 Å². The monoisotopic (exact) mass is 1030 g/mol. The Hall–Kier alpha value is -6.65. The number of aliphatic carboxylic acids is 1. The highest BCUT2D eigenvalue weighted by atomic mass is 16.4. The maximum Gasteiger partial charge on any atom is 0.326 e. The summed E-state index contributed by atoms with van der Waals surface area (Å²) in [5.41, 5.74) is 7.04. The van der Waals surface area contributed by atoms with Gasteiger partial charge in [-0.15, -0.1) is 0 Å². The highest BCUT2D eigenvalue weighted by molar-refractivity contribution is 5.97. The van der Waals surface area contributed by atoms with Crippen LogP contribution in [0.4, 0.5) is 0 Å². The Morgan fingerprint density at radius 1 is 0.521 bits per heavy atom. The van der Waals surface area contributed by atoms with E-state index in [0.29, 0.717) is 24.0 Å². The molecule has 14 N–H and O–H groups in total. The summed E-state index contributed by atoms with van der Waals surface area (Å²) in [4.78, 5) is 121. The number of aromatic hydroxyl groups is 1. The summed E-state index contributed by atoms with van der Waals surface area (Å²) in [6.45, 7) is 14.0. The summed E-state index contributed by atoms with van der Waals surface area (Å²) in [6, 6.07) is 3.68. The summed E-state index contributed by atoms with van der Waals surface area (Å²) in [6.07, 6.45) is -0.960. The molecule has 22 heteroatoms. The molecule has 0 aliphatic carbocycles. The third-order valence-electron chi connectivity index (χ3n) is 11.8. The first-order valence-electron chi connectivity index (χ1n) is 24.7. The molecule has 0 aliphatic rings. The van der Waals surface area contributed by atoms with Crippen molar-refractivity contribution in [1.29, 1.82) is 0 Å². The van der Waals surface area contributed by atoms with Crippen molar-refractivity contribution >= 4 is 53.2 Å². The molecular weight excluding hydrogens is 947 g/mol. The summed E-state index contributed by atoms with van der Waals surface area (Å²) < 4.78 is 0. The molecule has 2 aromatic carbocycles. The molecule has 0 bridgehead atoms. The first-order chi connectivity index (χ1) is 34.3. The molecule has 0 heterocycles. The number of benzene rings is 2. The topological polar surface area (TPSA) is 357 Å². The molecule has 0 aromatic heterocycles. The lowest BCUT2D eigenvalue weighted by molar-refractivity contribution is -0.142. The van der Waals surface area contributed by atoms with Crippen molar-refractivity contribution in [2.45, 2.75) is 155 Å². The summed E-state index contributed by atoms with van der Waals surface area (Å²) >= 11 is 0. The highest BCUT2D eigenvalue weighted by Crippen LogP contribution is 2.15. The number of carboxylic acids is 1. The molecule has 0 fully saturated rings. The third kappa shape index (κ3) is 22.3. The van der Waals surface area contributed by atoms with E-state index in [4.69, 9.17) is 5.73 Å². The van der Waals surface area contributed by atoms with Gasteiger partial charge in [-0.25, -0.2) is 4.79 Å². The molecule has 0 unspecified atom stereocenters. The van der Waals surface area contributed by atoms with E-state index >= 15 is 0 Å². The normalized spacial score (nSPS) is 15.4. The van der Waals surface area contributed by atoms with Gasteiger partial charge in [0.15, 0.2) is 0 Å². The van der Waals surface area contributed by atoms with Gasteiger partial charge in [-0.05, 0) is 73.1 Å². The van der Waals surface area contributed by atoms with Gasteiger partial charge in [0.25, 0.3) is 0 Å². The molecular formula is C51H79N9O13. The van der Waals surface area contributed by atoms with Gasteiger partial charge >= 0.3 is 5.97 Å². The number of aliphatic hydroxyl groups excluding tert-OH is 2. The number of rotatable bonds is 31. The van der Waals surface area contributed by atoms with Crippen LogP contribution in [0.15, 0.2) is 54.6 Å². The van der Waals surface area contributed by atoms with E-state index in [1.165, 1.54) is 31.2 Å². The number of nitrogens with one attached hydrogen (secondary N) is 8. The number of nitrogens with two attached hydrogens (primary N) is 1. The number of hydrogen-bond donors (Lipinski definition) is 13. The van der Waals surface area contributed by atoms with Crippen molar-refractivity contribution in [1.82, 2.24) is 42.5 Å². The number of phenolic OH excluding ortho intramolecular Hbond substituents is 1. The minimum absolute atomic E-state index is 0.0227. The Balaban J connectivity index is 2.30. The van der Waals surface area contributed by atoms with E-state index in [1.807, 2.05) is 13.8 Å². The van der Waals surface area contributed by atoms with Crippen LogP contribution < -0.4 is 48.3 Å². The molecule has 10 atom stereocenters. The number of hydrogen-bond acceptors (Lipinski definition) is 13. The zero-order valence-corrected chi connectivity index (χ0v) is 43.4. The number of carbonyl (C=O) groups excluding carboxylic acids is 8. The number of aliphatic hydroxyl groups is 2. The maximum absolute atomic E-state index is 14.1. The molecule has 0 saturated carbocycles. The number of carboxylic acid groups (broad SMARTS) is 1. The second kappa shape index (κ2) is 31.1. The molecule has 0 saturated heterocycles. The van der Waals surface area contributed by atoms with Gasteiger partial charge in [-0.1, -0.05) is 104 Å². The van der Waals surface area contributed by atoms with E-state index in [0.717, 1.165) is 0 Å². The minimum Gasteiger partial charge on any atom is -0.508 e. The number of phenols is 1. The maximum atomic E-state index is 14.1. The van der Waals surface area contributed by atoms with Gasteiger partial charge in [-0.3, -0.25) is 38.4 Å². The van der Waals surface area contributed by atoms with E-state index in [1.54, 1.807) is 71.9 Å². The van der Waals surface area contributed by atoms with Gasteiger partial charge < -0.3 is 68.7 Å². The second-order valence-corrected chi connectivity index (χ2v) is 19.8. The van der Waals surface area contributed by atoms with Crippen molar-refractivity contribution in [3.63, 3.8) is 0 Å². The van der Waals surface area contributed by atoms with Crippen LogP contribution in [-0.4, -0.2) is 141 Å². The highest BCUT2D eigenvalue weighted by Gasteiger charge is 2.36. The predicted molar refractivity (Wildman–Crippen MR) is 271 cm³/mol. The van der Waals surface area contributed by atoms with Crippen LogP contribution in [0.3, 0.4) is 0 Å². The Labute approximate surface area is 427 Å². The molecule has 0 aliphatic heterocycles. The number of carbonyl (C=O) groups is 9. The fourth-order valence-electron chi connectivity index (χ4n) is 7.56. The summed E-state index contributed by atoms with van der Waals surface area (Å²) in [7, 11) is 0. The first kappa shape index (κ1) is 62.5. The van der Waals surface area contributed by atoms with Gasteiger partial charge in [0, 0.05) is 12.8 Å². The molecule has 2 aromatic rings. The fourth-order valence-corrected chi connectivity index (χ4v) is 7.56. The fraction of sp³-hybridized carbons (Fsp3) is 0.588. The molecule has 0 radical (unpaired) electrons. The van der Waals surface area contributed by atoms with Crippen molar-refractivity contribution in [2.24, 2.45) is 29.4 Å². The van der Waals surface area contributed by atoms with Crippen molar-refractivity contribution in [3.05, 3.63) is 65.7 Å². The average molecular weight is 1030 g/mol. The second-order valence-electron chi connectivity index (χ2n) is 19.8. The average Bonchev–Trinajstić information content (AvgIpc) is 3.32. The van der Waals surface area contributed by atoms with Crippen LogP contribution in [0.2, 0.25) is 0 Å². The van der Waals surface area contributed by atoms with Gasteiger partial charge in [0.2, 0.25) is 47.3 Å². The third-order valence-corrected chi connectivity index (χ3v) is 11.8. The SMILES string of the molecule is CC[C@H](C)[C@H](NC(=O)[C@H](CO)NC(=O)[C@@H](N)CC(C)C)C(=O)NCC(=O)N[C@@H](Cc1ccc(O)cc1)C(=O)N[C@H](C(=O)N[C@@H](CC(C)C)C(=O)N[C@@H](CC(C)C)C(=O)N[C@@H](Cc1ccccc1)C(=O)O)[C@@H](C)O. The Kier molecular flexibility index (Phi) is 26.6. The lowest BCUT2D eigenvalue weighted by atomic mass is 9.97. The van der Waals surface area contributed by atoms with Gasteiger partial charge in [0.05, 0.1) is 25.3 Å². The standard InChI is InChI=1S/C51H79N9O13/c1-10-30(8)42(59-48(69)40(26-61)58-44(65)35(52)20-27(2)3)49(70)53-25-41(64)54-38(23-33-16-18-34(63)19-17-33)47(68)60-43(31(9)62)50(71)56-37(22-29(6)7)45(66)55-36(21-28(4)5)46(67)57-39(51(72)73)24-32-14-12-11-13-15-32/h11-19,27-31,35-40,42-43,61-63H,10,20-26,52H2,1-9H3,(H,53,70)(H,54,64)(H,55,66)(H,56,71)(H,57,67)(H,58,65)(H,59,69)(H,60,68)(H,72,73)/t30-,31+,35-,36-,37-,38-,39-,40-,42-,43-/m0/s1. The molecule has 73 heavy (non-hydrogen) atoms. The first-order valence-corrected chi connectivity index (χ1v) is 24.7. The summed E-state index contributed by atoms with van der Waals surface area (Å²) in [5.74, 6) is -8.89. The Morgan fingerprint density at radius 3 is 1.47 bits per heavy atom. The lowest BCUT2D eigenvalue weighted by Gasteiger charge is -2.29. The van der Waals surface area contributed by atoms with Crippen molar-refractivity contribution in [3.8, 4) is 5.75 Å². The van der Waals surface area contributed by atoms with Crippen LogP contribution in [0.5, 0.6) is 5.75 Å². The molecule has 406 valence electrons. The molecule has 22 nitrogen and oxygen atoms in total. The summed E-state index contributed by atoms with van der Waals surface area (Å²) in [5, 5.41) is 60.7. The van der Waals surface area contributed by atoms with Crippen LogP contribution in [0.1, 0.15) is 99.1 Å². The van der Waals surface area contributed by atoms with Crippen LogP contribution in [0.25, 0.3) is 0 Å². The molecule has 0 spiro atoms. The largest absolute Gasteiger partial charge is 0.508 e. The van der Waals surface area contributed by atoms with E-state index in [2.05, 4.69) is 42.5 Å². The number of amides is 8. The van der Waals surface area contributed by atoms with Crippen LogP contribution in [0, 0.1) is 23.7 Å². The smallest absolute Gasteiger partial charge is 0.326 e. The van der Waals surface area contributed by atoms with Crippen LogP contribution in [-0.2, 0) is 56.0 Å². The van der Waals surface area contributed by atoms with E-state index in [-0.39, 0.29) is 49.2 Å². The quantitative estimate of drug-likeness (QED) is 0.0460. The Morgan fingerprint density at radius 2 is 0.973 bits per heavy atom. The van der Waals surface area contributed by atoms with Gasteiger partial charge in [-0.2, -0.15) is 0 Å². The molecule has 8 amide bonds. The lowest BCUT2D eigenvalue weighted by Crippen LogP contribution is -2.61. The van der Waals surface area contributed by atoms with Crippen molar-refractivity contribution in [2.75, 3.05) is 13.2 Å².